The fourth-order valence-electron chi connectivity index (χ4n) is 3.07. The van der Waals surface area contributed by atoms with Crippen LogP contribution in [0.4, 0.5) is 5.69 Å². The third-order valence-electron chi connectivity index (χ3n) is 4.55. The van der Waals surface area contributed by atoms with Gasteiger partial charge in [-0.2, -0.15) is 0 Å². The summed E-state index contributed by atoms with van der Waals surface area (Å²) in [6, 6.07) is 16.9. The highest BCUT2D eigenvalue weighted by Gasteiger charge is 2.27. The van der Waals surface area contributed by atoms with Gasteiger partial charge in [0.05, 0.1) is 17.1 Å². The van der Waals surface area contributed by atoms with Crippen LogP contribution in [0.5, 0.6) is 0 Å². The van der Waals surface area contributed by atoms with Crippen molar-refractivity contribution in [1.82, 2.24) is 4.90 Å². The Labute approximate surface area is 152 Å². The second-order valence-corrected chi connectivity index (χ2v) is 6.69. The summed E-state index contributed by atoms with van der Waals surface area (Å²) in [4.78, 5) is 26.7. The van der Waals surface area contributed by atoms with Crippen molar-refractivity contribution >= 4 is 29.1 Å². The van der Waals surface area contributed by atoms with Gasteiger partial charge in [0.2, 0.25) is 11.8 Å². The molecule has 1 fully saturated rings. The number of likely N-dealkylation sites (tertiary alicyclic amines) is 1. The number of nitrogens with one attached hydrogen (secondary N) is 1. The lowest BCUT2D eigenvalue weighted by Crippen LogP contribution is -2.42. The van der Waals surface area contributed by atoms with Gasteiger partial charge >= 0.3 is 0 Å². The second kappa shape index (κ2) is 8.17. The van der Waals surface area contributed by atoms with Crippen molar-refractivity contribution in [2.45, 2.75) is 19.3 Å². The molecule has 1 aliphatic heterocycles. The highest BCUT2D eigenvalue weighted by atomic mass is 35.5. The molecule has 0 unspecified atom stereocenters. The first kappa shape index (κ1) is 17.5. The van der Waals surface area contributed by atoms with Crippen molar-refractivity contribution in [2.75, 3.05) is 18.4 Å². The van der Waals surface area contributed by atoms with E-state index in [4.69, 9.17) is 11.6 Å². The summed E-state index contributed by atoms with van der Waals surface area (Å²) in [5.74, 6) is 0.0106. The Balaban J connectivity index is 1.50. The third-order valence-corrected chi connectivity index (χ3v) is 4.88. The topological polar surface area (TPSA) is 49.4 Å². The summed E-state index contributed by atoms with van der Waals surface area (Å²) < 4.78 is 0. The molecule has 1 heterocycles. The van der Waals surface area contributed by atoms with Gasteiger partial charge in [-0.05, 0) is 30.5 Å². The van der Waals surface area contributed by atoms with E-state index in [2.05, 4.69) is 5.32 Å². The SMILES string of the molecule is O=C(Nc1ccccc1Cl)C1CCN(C(=O)Cc2ccccc2)CC1. The molecule has 0 aliphatic carbocycles. The predicted molar refractivity (Wildman–Crippen MR) is 99.5 cm³/mol. The van der Waals surface area contributed by atoms with Crippen LogP contribution in [0.15, 0.2) is 54.6 Å². The summed E-state index contributed by atoms with van der Waals surface area (Å²) in [5, 5.41) is 3.42. The molecule has 5 heteroatoms. The van der Waals surface area contributed by atoms with E-state index >= 15 is 0 Å². The highest BCUT2D eigenvalue weighted by Crippen LogP contribution is 2.24. The number of hydrogen-bond acceptors (Lipinski definition) is 2. The molecule has 2 aromatic carbocycles. The first-order chi connectivity index (χ1) is 12.1. The lowest BCUT2D eigenvalue weighted by Gasteiger charge is -2.31. The van der Waals surface area contributed by atoms with Gasteiger partial charge in [0.25, 0.3) is 0 Å². The molecule has 0 saturated carbocycles. The Morgan fingerprint density at radius 2 is 1.64 bits per heavy atom. The average molecular weight is 357 g/mol. The van der Waals surface area contributed by atoms with E-state index in [1.54, 1.807) is 12.1 Å². The Kier molecular flexibility index (Phi) is 5.71. The summed E-state index contributed by atoms with van der Waals surface area (Å²) in [5.41, 5.74) is 1.66. The molecule has 0 spiro atoms. The maximum Gasteiger partial charge on any atom is 0.227 e. The Hall–Kier alpha value is -2.33. The molecular weight excluding hydrogens is 336 g/mol. The first-order valence-corrected chi connectivity index (χ1v) is 8.88. The van der Waals surface area contributed by atoms with Gasteiger partial charge in [-0.15, -0.1) is 0 Å². The Morgan fingerprint density at radius 3 is 2.32 bits per heavy atom. The number of para-hydroxylation sites is 1. The number of carbonyl (C=O) groups excluding carboxylic acids is 2. The van der Waals surface area contributed by atoms with Gasteiger partial charge in [0.1, 0.15) is 0 Å². The van der Waals surface area contributed by atoms with Crippen LogP contribution < -0.4 is 5.32 Å². The Bertz CT molecular complexity index is 740. The number of hydrogen-bond donors (Lipinski definition) is 1. The minimum Gasteiger partial charge on any atom is -0.342 e. The molecule has 0 aromatic heterocycles. The van der Waals surface area contributed by atoms with Gasteiger partial charge in [-0.25, -0.2) is 0 Å². The van der Waals surface area contributed by atoms with E-state index in [1.165, 1.54) is 0 Å². The van der Waals surface area contributed by atoms with Gasteiger partial charge in [-0.1, -0.05) is 54.1 Å². The van der Waals surface area contributed by atoms with Crippen LogP contribution in [-0.4, -0.2) is 29.8 Å². The largest absolute Gasteiger partial charge is 0.342 e. The van der Waals surface area contributed by atoms with Crippen molar-refractivity contribution in [3.8, 4) is 0 Å². The van der Waals surface area contributed by atoms with Crippen molar-refractivity contribution in [1.29, 1.82) is 0 Å². The zero-order chi connectivity index (χ0) is 17.6. The van der Waals surface area contributed by atoms with E-state index in [0.29, 0.717) is 43.1 Å². The summed E-state index contributed by atoms with van der Waals surface area (Å²) in [7, 11) is 0. The zero-order valence-corrected chi connectivity index (χ0v) is 14.7. The first-order valence-electron chi connectivity index (χ1n) is 8.50. The van der Waals surface area contributed by atoms with E-state index in [-0.39, 0.29) is 17.7 Å². The minimum absolute atomic E-state index is 0.0248. The van der Waals surface area contributed by atoms with Crippen molar-refractivity contribution < 1.29 is 9.59 Å². The summed E-state index contributed by atoms with van der Waals surface area (Å²) >= 11 is 6.08. The van der Waals surface area contributed by atoms with Crippen molar-refractivity contribution in [2.24, 2.45) is 5.92 Å². The van der Waals surface area contributed by atoms with Crippen molar-refractivity contribution in [3.05, 3.63) is 65.2 Å². The molecule has 1 N–H and O–H groups in total. The summed E-state index contributed by atoms with van der Waals surface area (Å²) in [6.07, 6.45) is 1.77. The molecule has 2 aromatic rings. The predicted octanol–water partition coefficient (Wildman–Crippen LogP) is 3.76. The number of nitrogens with zero attached hydrogens (tertiary/aromatic N) is 1. The maximum absolute atomic E-state index is 12.4. The molecule has 4 nitrogen and oxygen atoms in total. The van der Waals surface area contributed by atoms with Gasteiger partial charge in [0.15, 0.2) is 0 Å². The Morgan fingerprint density at radius 1 is 1.00 bits per heavy atom. The molecule has 0 atom stereocenters. The lowest BCUT2D eigenvalue weighted by molar-refractivity contribution is -0.133. The van der Waals surface area contributed by atoms with Crippen LogP contribution >= 0.6 is 11.6 Å². The molecule has 1 aliphatic rings. The molecule has 0 radical (unpaired) electrons. The number of anilines is 1. The van der Waals surface area contributed by atoms with E-state index in [1.807, 2.05) is 47.4 Å². The van der Waals surface area contributed by atoms with Crippen LogP contribution in [0.2, 0.25) is 5.02 Å². The van der Waals surface area contributed by atoms with E-state index in [0.717, 1.165) is 5.56 Å². The van der Waals surface area contributed by atoms with Gasteiger partial charge in [0, 0.05) is 19.0 Å². The van der Waals surface area contributed by atoms with Gasteiger partial charge in [-0.3, -0.25) is 9.59 Å². The number of carbonyl (C=O) groups is 2. The van der Waals surface area contributed by atoms with Crippen LogP contribution in [0.1, 0.15) is 18.4 Å². The fourth-order valence-corrected chi connectivity index (χ4v) is 3.25. The molecule has 0 bridgehead atoms. The minimum atomic E-state index is -0.0861. The molecule has 2 amide bonds. The van der Waals surface area contributed by atoms with Crippen LogP contribution in [-0.2, 0) is 16.0 Å². The fraction of sp³-hybridized carbons (Fsp3) is 0.300. The van der Waals surface area contributed by atoms with E-state index in [9.17, 15) is 9.59 Å². The molecule has 1 saturated heterocycles. The molecule has 130 valence electrons. The number of halogens is 1. The van der Waals surface area contributed by atoms with Gasteiger partial charge < -0.3 is 10.2 Å². The third kappa shape index (κ3) is 4.60. The monoisotopic (exact) mass is 356 g/mol. The highest BCUT2D eigenvalue weighted by molar-refractivity contribution is 6.33. The molecular formula is C20H21ClN2O2. The normalized spacial score (nSPS) is 15.0. The number of amides is 2. The smallest absolute Gasteiger partial charge is 0.227 e. The number of rotatable bonds is 4. The second-order valence-electron chi connectivity index (χ2n) is 6.29. The quantitative estimate of drug-likeness (QED) is 0.906. The standard InChI is InChI=1S/C20H21ClN2O2/c21-17-8-4-5-9-18(17)22-20(25)16-10-12-23(13-11-16)19(24)14-15-6-2-1-3-7-15/h1-9,16H,10-14H2,(H,22,25). The number of piperidine rings is 1. The summed E-state index contributed by atoms with van der Waals surface area (Å²) in [6.45, 7) is 1.23. The molecule has 3 rings (SSSR count). The molecule has 25 heavy (non-hydrogen) atoms. The van der Waals surface area contributed by atoms with Crippen LogP contribution in [0.3, 0.4) is 0 Å². The van der Waals surface area contributed by atoms with E-state index < -0.39 is 0 Å². The number of benzene rings is 2. The average Bonchev–Trinajstić information content (AvgIpc) is 2.64. The van der Waals surface area contributed by atoms with Crippen LogP contribution in [0, 0.1) is 5.92 Å². The van der Waals surface area contributed by atoms with Crippen molar-refractivity contribution in [3.63, 3.8) is 0 Å². The zero-order valence-electron chi connectivity index (χ0n) is 14.0. The lowest BCUT2D eigenvalue weighted by atomic mass is 9.95. The van der Waals surface area contributed by atoms with Crippen LogP contribution in [0.25, 0.3) is 0 Å². The maximum atomic E-state index is 12.4.